The number of pyridine rings is 1. The molecule has 0 aliphatic carbocycles. The number of aromatic nitrogens is 4. The average molecular weight is 424 g/mol. The third-order valence-electron chi connectivity index (χ3n) is 4.40. The van der Waals surface area contributed by atoms with Gasteiger partial charge < -0.3 is 5.32 Å². The predicted octanol–water partition coefficient (Wildman–Crippen LogP) is 4.34. The minimum atomic E-state index is -0.257. The topological polar surface area (TPSA) is 72.7 Å². The SMILES string of the molecule is Cc1nn(Cc2ccccc2)c(Cl)c1C(=O)NCc1nc(-c2ccncc2)cs1. The molecule has 4 aromatic rings. The third kappa shape index (κ3) is 4.36. The number of halogens is 1. The van der Waals surface area contributed by atoms with E-state index in [9.17, 15) is 4.79 Å². The predicted molar refractivity (Wildman–Crippen MR) is 114 cm³/mol. The molecule has 0 radical (unpaired) electrons. The Labute approximate surface area is 177 Å². The fourth-order valence-electron chi connectivity index (χ4n) is 2.96. The second-order valence-corrected chi connectivity index (χ2v) is 7.74. The Morgan fingerprint density at radius 3 is 2.69 bits per heavy atom. The molecule has 29 heavy (non-hydrogen) atoms. The highest BCUT2D eigenvalue weighted by molar-refractivity contribution is 7.09. The highest BCUT2D eigenvalue weighted by Gasteiger charge is 2.20. The summed E-state index contributed by atoms with van der Waals surface area (Å²) in [6, 6.07) is 13.7. The normalized spacial score (nSPS) is 10.8. The number of benzene rings is 1. The molecule has 0 unspecified atom stereocenters. The zero-order valence-corrected chi connectivity index (χ0v) is 17.2. The van der Waals surface area contributed by atoms with Crippen molar-refractivity contribution < 1.29 is 4.79 Å². The summed E-state index contributed by atoms with van der Waals surface area (Å²) in [6.07, 6.45) is 3.46. The number of hydrogen-bond acceptors (Lipinski definition) is 5. The van der Waals surface area contributed by atoms with Crippen LogP contribution in [0.2, 0.25) is 5.15 Å². The summed E-state index contributed by atoms with van der Waals surface area (Å²) in [5.41, 5.74) is 3.92. The highest BCUT2D eigenvalue weighted by Crippen LogP contribution is 2.23. The molecule has 4 rings (SSSR count). The number of nitrogens with one attached hydrogen (secondary N) is 1. The van der Waals surface area contributed by atoms with E-state index in [4.69, 9.17) is 11.6 Å². The fraction of sp³-hybridized carbons (Fsp3) is 0.143. The average Bonchev–Trinajstić information content (AvgIpc) is 3.32. The van der Waals surface area contributed by atoms with E-state index < -0.39 is 0 Å². The Morgan fingerprint density at radius 2 is 1.93 bits per heavy atom. The summed E-state index contributed by atoms with van der Waals surface area (Å²) in [5, 5.41) is 10.4. The van der Waals surface area contributed by atoms with Gasteiger partial charge in [-0.15, -0.1) is 11.3 Å². The van der Waals surface area contributed by atoms with Crippen molar-refractivity contribution in [3.8, 4) is 11.3 Å². The van der Waals surface area contributed by atoms with Crippen molar-refractivity contribution in [2.75, 3.05) is 0 Å². The van der Waals surface area contributed by atoms with E-state index in [1.165, 1.54) is 11.3 Å². The summed E-state index contributed by atoms with van der Waals surface area (Å²) >= 11 is 7.96. The Hall–Kier alpha value is -3.03. The number of hydrogen-bond donors (Lipinski definition) is 1. The van der Waals surface area contributed by atoms with Crippen LogP contribution in [0.5, 0.6) is 0 Å². The molecule has 0 saturated carbocycles. The van der Waals surface area contributed by atoms with Gasteiger partial charge in [-0.3, -0.25) is 9.78 Å². The van der Waals surface area contributed by atoms with E-state index in [-0.39, 0.29) is 5.91 Å². The number of carbonyl (C=O) groups excluding carboxylic acids is 1. The van der Waals surface area contributed by atoms with Crippen molar-refractivity contribution in [2.45, 2.75) is 20.0 Å². The molecule has 3 heterocycles. The molecule has 0 aliphatic rings. The second-order valence-electron chi connectivity index (χ2n) is 6.44. The van der Waals surface area contributed by atoms with Gasteiger partial charge in [-0.1, -0.05) is 41.9 Å². The van der Waals surface area contributed by atoms with Gasteiger partial charge in [-0.05, 0) is 24.6 Å². The van der Waals surface area contributed by atoms with Crippen LogP contribution in [0, 0.1) is 6.92 Å². The molecule has 0 atom stereocenters. The molecule has 1 aromatic carbocycles. The molecule has 0 fully saturated rings. The molecular formula is C21H18ClN5OS. The monoisotopic (exact) mass is 423 g/mol. The lowest BCUT2D eigenvalue weighted by molar-refractivity contribution is 0.0950. The van der Waals surface area contributed by atoms with Crippen LogP contribution < -0.4 is 5.32 Å². The van der Waals surface area contributed by atoms with Gasteiger partial charge in [0.05, 0.1) is 30.0 Å². The van der Waals surface area contributed by atoms with Gasteiger partial charge >= 0.3 is 0 Å². The van der Waals surface area contributed by atoms with Crippen LogP contribution >= 0.6 is 22.9 Å². The van der Waals surface area contributed by atoms with Crippen molar-refractivity contribution in [3.05, 3.63) is 87.2 Å². The van der Waals surface area contributed by atoms with Gasteiger partial charge in [0, 0.05) is 23.3 Å². The van der Waals surface area contributed by atoms with E-state index in [1.807, 2.05) is 47.8 Å². The summed E-state index contributed by atoms with van der Waals surface area (Å²) in [7, 11) is 0. The summed E-state index contributed by atoms with van der Waals surface area (Å²) in [5.74, 6) is -0.257. The largest absolute Gasteiger partial charge is 0.345 e. The van der Waals surface area contributed by atoms with Gasteiger partial charge in [0.15, 0.2) is 0 Å². The molecule has 8 heteroatoms. The van der Waals surface area contributed by atoms with E-state index >= 15 is 0 Å². The highest BCUT2D eigenvalue weighted by atomic mass is 35.5. The molecule has 0 aliphatic heterocycles. The molecule has 0 saturated heterocycles. The van der Waals surface area contributed by atoms with Gasteiger partial charge in [0.2, 0.25) is 0 Å². The first kappa shape index (κ1) is 19.3. The maximum Gasteiger partial charge on any atom is 0.256 e. The number of nitrogens with zero attached hydrogens (tertiary/aromatic N) is 4. The van der Waals surface area contributed by atoms with Gasteiger partial charge in [0.25, 0.3) is 5.91 Å². The lowest BCUT2D eigenvalue weighted by atomic mass is 10.2. The third-order valence-corrected chi connectivity index (χ3v) is 5.63. The Bertz CT molecular complexity index is 1120. The Morgan fingerprint density at radius 1 is 1.17 bits per heavy atom. The van der Waals surface area contributed by atoms with Crippen LogP contribution in [0.25, 0.3) is 11.3 Å². The van der Waals surface area contributed by atoms with E-state index in [0.29, 0.717) is 29.5 Å². The number of amides is 1. The van der Waals surface area contributed by atoms with E-state index in [1.54, 1.807) is 24.0 Å². The van der Waals surface area contributed by atoms with Crippen molar-refractivity contribution in [2.24, 2.45) is 0 Å². The first-order chi connectivity index (χ1) is 14.1. The number of rotatable bonds is 6. The minimum Gasteiger partial charge on any atom is -0.345 e. The zero-order chi connectivity index (χ0) is 20.2. The lowest BCUT2D eigenvalue weighted by Gasteiger charge is -2.05. The Balaban J connectivity index is 1.45. The summed E-state index contributed by atoms with van der Waals surface area (Å²) in [6.45, 7) is 2.62. The molecule has 3 aromatic heterocycles. The molecule has 1 amide bonds. The molecular weight excluding hydrogens is 406 g/mol. The first-order valence-corrected chi connectivity index (χ1v) is 10.3. The van der Waals surface area contributed by atoms with Crippen LogP contribution in [0.1, 0.15) is 26.6 Å². The smallest absolute Gasteiger partial charge is 0.256 e. The van der Waals surface area contributed by atoms with Crippen LogP contribution in [-0.4, -0.2) is 25.7 Å². The maximum atomic E-state index is 12.7. The van der Waals surface area contributed by atoms with E-state index in [0.717, 1.165) is 21.8 Å². The fourth-order valence-corrected chi connectivity index (χ4v) is 4.03. The van der Waals surface area contributed by atoms with Crippen molar-refractivity contribution >= 4 is 28.8 Å². The zero-order valence-electron chi connectivity index (χ0n) is 15.7. The quantitative estimate of drug-likeness (QED) is 0.500. The van der Waals surface area contributed by atoms with Crippen molar-refractivity contribution in [3.63, 3.8) is 0 Å². The standard InChI is InChI=1S/C21H18ClN5OS/c1-14-19(20(22)27(26-14)12-15-5-3-2-4-6-15)21(28)24-11-18-25-17(13-29-18)16-7-9-23-10-8-16/h2-10,13H,11-12H2,1H3,(H,24,28). The van der Waals surface area contributed by atoms with Crippen molar-refractivity contribution in [1.82, 2.24) is 25.1 Å². The van der Waals surface area contributed by atoms with Crippen LogP contribution in [-0.2, 0) is 13.1 Å². The van der Waals surface area contributed by atoms with Gasteiger partial charge in [0.1, 0.15) is 10.2 Å². The molecule has 0 bridgehead atoms. The van der Waals surface area contributed by atoms with E-state index in [2.05, 4.69) is 20.4 Å². The second kappa shape index (κ2) is 8.55. The van der Waals surface area contributed by atoms with Gasteiger partial charge in [-0.25, -0.2) is 9.67 Å². The van der Waals surface area contributed by atoms with Gasteiger partial charge in [-0.2, -0.15) is 5.10 Å². The molecule has 6 nitrogen and oxygen atoms in total. The number of thiazole rings is 1. The lowest BCUT2D eigenvalue weighted by Crippen LogP contribution is -2.23. The van der Waals surface area contributed by atoms with Crippen LogP contribution in [0.4, 0.5) is 0 Å². The molecule has 0 spiro atoms. The maximum absolute atomic E-state index is 12.7. The van der Waals surface area contributed by atoms with Crippen LogP contribution in [0.3, 0.4) is 0 Å². The first-order valence-electron chi connectivity index (χ1n) is 9.01. The summed E-state index contributed by atoms with van der Waals surface area (Å²) in [4.78, 5) is 21.3. The number of aryl methyl sites for hydroxylation is 1. The minimum absolute atomic E-state index is 0.257. The van der Waals surface area contributed by atoms with Crippen LogP contribution in [0.15, 0.2) is 60.2 Å². The molecule has 1 N–H and O–H groups in total. The molecule has 146 valence electrons. The van der Waals surface area contributed by atoms with Crippen molar-refractivity contribution in [1.29, 1.82) is 0 Å². The Kier molecular flexibility index (Phi) is 5.69. The number of carbonyl (C=O) groups is 1. The summed E-state index contributed by atoms with van der Waals surface area (Å²) < 4.78 is 1.64.